The number of hydrogen-bond acceptors (Lipinski definition) is 2. The average molecular weight is 273 g/mol. The molecule has 0 amide bonds. The van der Waals surface area contributed by atoms with Crippen molar-refractivity contribution in [1.29, 1.82) is 0 Å². The van der Waals surface area contributed by atoms with E-state index in [0.29, 0.717) is 5.02 Å². The van der Waals surface area contributed by atoms with Gasteiger partial charge in [-0.05, 0) is 24.2 Å². The Balaban J connectivity index is 1.93. The molecule has 0 aliphatic carbocycles. The molecule has 2 nitrogen and oxygen atoms in total. The summed E-state index contributed by atoms with van der Waals surface area (Å²) in [5, 5.41) is 1.48. The molecule has 17 heavy (non-hydrogen) atoms. The topological polar surface area (TPSA) is 6.48 Å². The zero-order valence-corrected chi connectivity index (χ0v) is 11.6. The van der Waals surface area contributed by atoms with Crippen molar-refractivity contribution in [2.45, 2.75) is 13.5 Å². The summed E-state index contributed by atoms with van der Waals surface area (Å²) >= 11 is 12.1. The highest BCUT2D eigenvalue weighted by Gasteiger charge is 2.16. The molecule has 1 fully saturated rings. The van der Waals surface area contributed by atoms with Gasteiger partial charge in [-0.15, -0.1) is 0 Å². The molecule has 1 aromatic rings. The van der Waals surface area contributed by atoms with Gasteiger partial charge < -0.3 is 4.90 Å². The van der Waals surface area contributed by atoms with Crippen molar-refractivity contribution in [2.75, 3.05) is 32.7 Å². The van der Waals surface area contributed by atoms with E-state index in [0.717, 1.165) is 44.3 Å². The number of piperazine rings is 1. The van der Waals surface area contributed by atoms with Crippen molar-refractivity contribution in [2.24, 2.45) is 0 Å². The van der Waals surface area contributed by atoms with Crippen LogP contribution in [-0.2, 0) is 6.54 Å². The summed E-state index contributed by atoms with van der Waals surface area (Å²) in [7, 11) is 0. The van der Waals surface area contributed by atoms with E-state index in [1.54, 1.807) is 0 Å². The van der Waals surface area contributed by atoms with Crippen LogP contribution in [0.15, 0.2) is 18.2 Å². The minimum absolute atomic E-state index is 0.703. The Hall–Kier alpha value is -0.280. The highest BCUT2D eigenvalue weighted by molar-refractivity contribution is 6.35. The van der Waals surface area contributed by atoms with Gasteiger partial charge in [-0.25, -0.2) is 0 Å². The molecular formula is C13H18Cl2N2. The molecule has 0 bridgehead atoms. The molecule has 0 atom stereocenters. The lowest BCUT2D eigenvalue weighted by atomic mass is 10.2. The molecule has 0 saturated carbocycles. The van der Waals surface area contributed by atoms with Gasteiger partial charge in [0.15, 0.2) is 0 Å². The molecule has 4 heteroatoms. The molecule has 1 aromatic carbocycles. The number of nitrogens with zero attached hydrogens (tertiary/aromatic N) is 2. The van der Waals surface area contributed by atoms with Crippen molar-refractivity contribution in [3.8, 4) is 0 Å². The van der Waals surface area contributed by atoms with Crippen LogP contribution in [0.2, 0.25) is 10.0 Å². The number of halogens is 2. The summed E-state index contributed by atoms with van der Waals surface area (Å²) in [6.45, 7) is 8.83. The maximum Gasteiger partial charge on any atom is 0.0465 e. The zero-order valence-electron chi connectivity index (χ0n) is 10.1. The summed E-state index contributed by atoms with van der Waals surface area (Å²) in [6.07, 6.45) is 0. The lowest BCUT2D eigenvalue weighted by Crippen LogP contribution is -2.45. The van der Waals surface area contributed by atoms with Crippen molar-refractivity contribution in [3.05, 3.63) is 33.8 Å². The highest BCUT2D eigenvalue weighted by atomic mass is 35.5. The zero-order chi connectivity index (χ0) is 12.3. The monoisotopic (exact) mass is 272 g/mol. The van der Waals surface area contributed by atoms with E-state index in [-0.39, 0.29) is 0 Å². The third-order valence-corrected chi connectivity index (χ3v) is 3.91. The lowest BCUT2D eigenvalue weighted by molar-refractivity contribution is 0.132. The van der Waals surface area contributed by atoms with Crippen LogP contribution in [0.3, 0.4) is 0 Å². The van der Waals surface area contributed by atoms with E-state index in [1.165, 1.54) is 5.56 Å². The van der Waals surface area contributed by atoms with Crippen LogP contribution in [0, 0.1) is 0 Å². The largest absolute Gasteiger partial charge is 0.301 e. The molecule has 0 aromatic heterocycles. The van der Waals surface area contributed by atoms with Gasteiger partial charge in [-0.2, -0.15) is 0 Å². The minimum Gasteiger partial charge on any atom is -0.301 e. The van der Waals surface area contributed by atoms with Crippen molar-refractivity contribution >= 4 is 23.2 Å². The Bertz CT molecular complexity index is 374. The van der Waals surface area contributed by atoms with Gasteiger partial charge in [0.05, 0.1) is 0 Å². The maximum absolute atomic E-state index is 6.18. The van der Waals surface area contributed by atoms with Crippen LogP contribution < -0.4 is 0 Å². The molecule has 0 unspecified atom stereocenters. The minimum atomic E-state index is 0.703. The summed E-state index contributed by atoms with van der Waals surface area (Å²) in [5.41, 5.74) is 1.17. The summed E-state index contributed by atoms with van der Waals surface area (Å²) in [6, 6.07) is 5.75. The first kappa shape index (κ1) is 13.2. The summed E-state index contributed by atoms with van der Waals surface area (Å²) in [5.74, 6) is 0. The molecule has 0 spiro atoms. The van der Waals surface area contributed by atoms with E-state index in [2.05, 4.69) is 16.7 Å². The predicted molar refractivity (Wildman–Crippen MR) is 73.9 cm³/mol. The molecule has 1 heterocycles. The van der Waals surface area contributed by atoms with Gasteiger partial charge >= 0.3 is 0 Å². The molecular weight excluding hydrogens is 255 g/mol. The van der Waals surface area contributed by atoms with Crippen molar-refractivity contribution in [1.82, 2.24) is 9.80 Å². The van der Waals surface area contributed by atoms with Gasteiger partial charge in [0, 0.05) is 42.8 Å². The van der Waals surface area contributed by atoms with Gasteiger partial charge in [0.25, 0.3) is 0 Å². The van der Waals surface area contributed by atoms with Crippen LogP contribution in [0.5, 0.6) is 0 Å². The highest BCUT2D eigenvalue weighted by Crippen LogP contribution is 2.22. The third kappa shape index (κ3) is 3.59. The number of hydrogen-bond donors (Lipinski definition) is 0. The predicted octanol–water partition coefficient (Wildman–Crippen LogP) is 3.13. The van der Waals surface area contributed by atoms with E-state index < -0.39 is 0 Å². The van der Waals surface area contributed by atoms with Gasteiger partial charge in [-0.1, -0.05) is 36.2 Å². The standard InChI is InChI=1S/C13H18Cl2N2/c1-2-16-5-7-17(8-6-16)10-11-3-4-12(14)9-13(11)15/h3-4,9H,2,5-8,10H2,1H3. The molecule has 0 N–H and O–H groups in total. The Morgan fingerprint density at radius 2 is 1.71 bits per heavy atom. The number of likely N-dealkylation sites (N-methyl/N-ethyl adjacent to an activating group) is 1. The Morgan fingerprint density at radius 1 is 1.06 bits per heavy atom. The molecule has 1 aliphatic heterocycles. The normalized spacial score (nSPS) is 18.5. The van der Waals surface area contributed by atoms with E-state index in [1.807, 2.05) is 18.2 Å². The van der Waals surface area contributed by atoms with Crippen molar-refractivity contribution in [3.63, 3.8) is 0 Å². The Kier molecular flexibility index (Phi) is 4.69. The molecule has 94 valence electrons. The second-order valence-corrected chi connectivity index (χ2v) is 5.29. The third-order valence-electron chi connectivity index (χ3n) is 3.32. The second-order valence-electron chi connectivity index (χ2n) is 4.45. The van der Waals surface area contributed by atoms with Crippen LogP contribution in [0.4, 0.5) is 0 Å². The van der Waals surface area contributed by atoms with Crippen LogP contribution >= 0.6 is 23.2 Å². The number of rotatable bonds is 3. The fourth-order valence-electron chi connectivity index (χ4n) is 2.15. The Morgan fingerprint density at radius 3 is 2.29 bits per heavy atom. The van der Waals surface area contributed by atoms with Crippen LogP contribution in [0.1, 0.15) is 12.5 Å². The van der Waals surface area contributed by atoms with Gasteiger partial charge in [0.1, 0.15) is 0 Å². The Labute approximate surface area is 113 Å². The van der Waals surface area contributed by atoms with E-state index in [9.17, 15) is 0 Å². The first-order valence-electron chi connectivity index (χ1n) is 6.07. The van der Waals surface area contributed by atoms with Crippen molar-refractivity contribution < 1.29 is 0 Å². The summed E-state index contributed by atoms with van der Waals surface area (Å²) < 4.78 is 0. The first-order valence-corrected chi connectivity index (χ1v) is 6.83. The van der Waals surface area contributed by atoms with Gasteiger partial charge in [-0.3, -0.25) is 4.90 Å². The quantitative estimate of drug-likeness (QED) is 0.834. The molecule has 2 rings (SSSR count). The van der Waals surface area contributed by atoms with E-state index in [4.69, 9.17) is 23.2 Å². The fourth-order valence-corrected chi connectivity index (χ4v) is 2.62. The van der Waals surface area contributed by atoms with Gasteiger partial charge in [0.2, 0.25) is 0 Å². The number of benzene rings is 1. The molecule has 0 radical (unpaired) electrons. The van der Waals surface area contributed by atoms with Crippen LogP contribution in [-0.4, -0.2) is 42.5 Å². The SMILES string of the molecule is CCN1CCN(Cc2ccc(Cl)cc2Cl)CC1. The summed E-state index contributed by atoms with van der Waals surface area (Å²) in [4.78, 5) is 4.92. The van der Waals surface area contributed by atoms with Crippen LogP contribution in [0.25, 0.3) is 0 Å². The molecule has 1 saturated heterocycles. The first-order chi connectivity index (χ1) is 8.19. The average Bonchev–Trinajstić information content (AvgIpc) is 2.34. The second kappa shape index (κ2) is 6.05. The maximum atomic E-state index is 6.18. The smallest absolute Gasteiger partial charge is 0.0465 e. The lowest BCUT2D eigenvalue weighted by Gasteiger charge is -2.34. The van der Waals surface area contributed by atoms with E-state index >= 15 is 0 Å². The fraction of sp³-hybridized carbons (Fsp3) is 0.538. The molecule has 1 aliphatic rings.